The highest BCUT2D eigenvalue weighted by atomic mass is 31.2. The molecule has 0 bridgehead atoms. The van der Waals surface area contributed by atoms with Crippen LogP contribution >= 0.6 is 8.53 Å². The van der Waals surface area contributed by atoms with Crippen LogP contribution in [0.1, 0.15) is 63.5 Å². The first-order chi connectivity index (χ1) is 29.7. The lowest BCUT2D eigenvalue weighted by atomic mass is 9.80. The largest absolute Gasteiger partial charge is 0.497 e. The number of rotatable bonds is 17. The average Bonchev–Trinajstić information content (AvgIpc) is 3.83. The molecule has 0 radical (unpaired) electrons. The average molecular weight is 838 g/mol. The Morgan fingerprint density at radius 1 is 0.770 bits per heavy atom. The van der Waals surface area contributed by atoms with Crippen molar-refractivity contribution in [3.05, 3.63) is 144 Å². The van der Waals surface area contributed by atoms with Gasteiger partial charge in [-0.15, -0.1) is 0 Å². The summed E-state index contributed by atoms with van der Waals surface area (Å²) in [5.74, 6) is 1.48. The molecule has 4 atom stereocenters. The summed E-state index contributed by atoms with van der Waals surface area (Å²) in [7, 11) is 1.71. The maximum atomic E-state index is 9.49. The number of fused-ring (bicyclic) bond motifs is 4. The van der Waals surface area contributed by atoms with E-state index in [9.17, 15) is 5.26 Å². The Kier molecular flexibility index (Phi) is 12.9. The quantitative estimate of drug-likeness (QED) is 0.0499. The van der Waals surface area contributed by atoms with Gasteiger partial charge in [-0.25, -0.2) is 14.6 Å². The van der Waals surface area contributed by atoms with Crippen molar-refractivity contribution in [1.29, 1.82) is 5.26 Å². The Morgan fingerprint density at radius 3 is 1.95 bits per heavy atom. The molecule has 1 fully saturated rings. The van der Waals surface area contributed by atoms with Crippen LogP contribution in [0.15, 0.2) is 127 Å². The number of ether oxygens (including phenoxy) is 4. The van der Waals surface area contributed by atoms with E-state index in [-0.39, 0.29) is 31.7 Å². The maximum absolute atomic E-state index is 9.49. The van der Waals surface area contributed by atoms with E-state index in [0.29, 0.717) is 6.42 Å². The van der Waals surface area contributed by atoms with Crippen LogP contribution in [-0.2, 0) is 24.1 Å². The Morgan fingerprint density at radius 2 is 1.34 bits per heavy atom. The molecule has 1 aliphatic heterocycles. The van der Waals surface area contributed by atoms with E-state index >= 15 is 0 Å². The van der Waals surface area contributed by atoms with Gasteiger partial charge in [-0.3, -0.25) is 4.57 Å². The van der Waals surface area contributed by atoms with Gasteiger partial charge in [0.1, 0.15) is 34.9 Å². The van der Waals surface area contributed by atoms with E-state index in [0.717, 1.165) is 61.3 Å². The summed E-state index contributed by atoms with van der Waals surface area (Å²) in [4.78, 5) is 10.3. The zero-order valence-corrected chi connectivity index (χ0v) is 36.4. The third kappa shape index (κ3) is 8.45. The summed E-state index contributed by atoms with van der Waals surface area (Å²) < 4.78 is 44.0. The number of hydrogen-bond donors (Lipinski definition) is 0. The van der Waals surface area contributed by atoms with Gasteiger partial charge in [-0.05, 0) is 86.8 Å². The minimum Gasteiger partial charge on any atom is -0.497 e. The first kappa shape index (κ1) is 42.3. The van der Waals surface area contributed by atoms with Crippen molar-refractivity contribution in [2.24, 2.45) is 0 Å². The van der Waals surface area contributed by atoms with Gasteiger partial charge in [0.15, 0.2) is 5.65 Å². The number of hydrogen-bond acceptors (Lipinski definition) is 10. The number of nitriles is 1. The molecule has 0 saturated carbocycles. The van der Waals surface area contributed by atoms with E-state index in [2.05, 4.69) is 91.5 Å². The fourth-order valence-corrected chi connectivity index (χ4v) is 10.2. The smallest absolute Gasteiger partial charge is 0.259 e. The van der Waals surface area contributed by atoms with Crippen LogP contribution in [0, 0.1) is 11.3 Å². The Balaban J connectivity index is 1.25. The lowest BCUT2D eigenvalue weighted by Gasteiger charge is -2.39. The van der Waals surface area contributed by atoms with Gasteiger partial charge in [-0.2, -0.15) is 5.26 Å². The van der Waals surface area contributed by atoms with Gasteiger partial charge in [0.25, 0.3) is 8.53 Å². The van der Waals surface area contributed by atoms with Crippen LogP contribution in [0.2, 0.25) is 0 Å². The van der Waals surface area contributed by atoms with Gasteiger partial charge in [-0.1, -0.05) is 84.9 Å². The van der Waals surface area contributed by atoms with Crippen LogP contribution in [0.25, 0.3) is 33.1 Å². The summed E-state index contributed by atoms with van der Waals surface area (Å²) in [6, 6.07) is 44.9. The van der Waals surface area contributed by atoms with Gasteiger partial charge in [0.2, 0.25) is 0 Å². The summed E-state index contributed by atoms with van der Waals surface area (Å²) in [6.07, 6.45) is -0.820. The summed E-state index contributed by atoms with van der Waals surface area (Å²) >= 11 is 0. The molecule has 5 aromatic carbocycles. The highest BCUT2D eigenvalue weighted by Crippen LogP contribution is 2.51. The van der Waals surface area contributed by atoms with E-state index in [1.807, 2.05) is 78.9 Å². The Hall–Kier alpha value is -5.44. The molecule has 7 aromatic rings. The fraction of sp³-hybridized carbons (Fsp3) is 0.327. The third-order valence-corrected chi connectivity index (χ3v) is 13.3. The van der Waals surface area contributed by atoms with Gasteiger partial charge in [0.05, 0.1) is 62.6 Å². The van der Waals surface area contributed by atoms with Crippen molar-refractivity contribution in [1.82, 2.24) is 19.2 Å². The highest BCUT2D eigenvalue weighted by molar-refractivity contribution is 7.44. The molecule has 0 spiro atoms. The van der Waals surface area contributed by atoms with Gasteiger partial charge >= 0.3 is 0 Å². The second-order valence-corrected chi connectivity index (χ2v) is 17.0. The van der Waals surface area contributed by atoms with Crippen molar-refractivity contribution in [3.63, 3.8) is 0 Å². The molecule has 11 nitrogen and oxygen atoms in total. The molecule has 1 aliphatic rings. The minimum absolute atomic E-state index is 0.109. The molecule has 1 unspecified atom stereocenters. The number of nitrogens with zero attached hydrogens (tertiary/aromatic N) is 5. The second-order valence-electron chi connectivity index (χ2n) is 15.6. The van der Waals surface area contributed by atoms with Gasteiger partial charge in [0, 0.05) is 23.9 Å². The van der Waals surface area contributed by atoms with Crippen LogP contribution in [0.3, 0.4) is 0 Å². The first-order valence-corrected chi connectivity index (χ1v) is 21.9. The Labute approximate surface area is 358 Å². The van der Waals surface area contributed by atoms with E-state index in [1.165, 1.54) is 0 Å². The fourth-order valence-electron chi connectivity index (χ4n) is 8.44. The van der Waals surface area contributed by atoms with Crippen molar-refractivity contribution < 1.29 is 28.0 Å². The minimum atomic E-state index is -1.62. The molecule has 12 heteroatoms. The predicted molar refractivity (Wildman–Crippen MR) is 239 cm³/mol. The zero-order valence-electron chi connectivity index (χ0n) is 35.5. The van der Waals surface area contributed by atoms with E-state index in [4.69, 9.17) is 38.0 Å². The molecule has 0 amide bonds. The predicted octanol–water partition coefficient (Wildman–Crippen LogP) is 10.7. The lowest BCUT2D eigenvalue weighted by Crippen LogP contribution is -2.39. The number of para-hydroxylation sites is 3. The molecule has 0 aliphatic carbocycles. The highest BCUT2D eigenvalue weighted by Gasteiger charge is 2.45. The molecule has 1 saturated heterocycles. The molecule has 314 valence electrons. The number of aromatic nitrogens is 3. The zero-order chi connectivity index (χ0) is 42.5. The third-order valence-electron chi connectivity index (χ3n) is 11.2. The SMILES string of the molecule is COc1ccc(C(OC[C@H]2O[C@@H](n3c4ccccc4c4nc5ccccc5nc43)C[C@@H]2OP(OCCC#N)N(C(C)C)C(C)C)(c2ccccc2)c2ccc(OC)cc2)cc1. The van der Waals surface area contributed by atoms with Crippen LogP contribution in [-0.4, -0.2) is 70.9 Å². The van der Waals surface area contributed by atoms with E-state index in [1.54, 1.807) is 14.2 Å². The topological polar surface area (TPSA) is 113 Å². The Bertz CT molecular complexity index is 2540. The summed E-state index contributed by atoms with van der Waals surface area (Å²) in [5.41, 5.74) is 5.82. The van der Waals surface area contributed by atoms with Crippen LogP contribution in [0.4, 0.5) is 0 Å². The van der Waals surface area contributed by atoms with Crippen molar-refractivity contribution in [2.75, 3.05) is 27.4 Å². The maximum Gasteiger partial charge on any atom is 0.259 e. The monoisotopic (exact) mass is 837 g/mol. The first-order valence-electron chi connectivity index (χ1n) is 20.8. The van der Waals surface area contributed by atoms with Gasteiger partial charge < -0.3 is 28.0 Å². The number of methoxy groups -OCH3 is 2. The van der Waals surface area contributed by atoms with Crippen molar-refractivity contribution >= 4 is 41.6 Å². The normalized spacial score (nSPS) is 17.5. The van der Waals surface area contributed by atoms with Crippen LogP contribution < -0.4 is 9.47 Å². The second kappa shape index (κ2) is 18.7. The standard InChI is InChI=1S/C49H52N5O6P/c1-33(2)54(34(3)4)61(58-30-14-29-50)60-44-31-46(53-43-20-13-10-17-40(43)47-48(53)52-42-19-12-11-18-41(42)51-47)59-45(44)32-57-49(35-15-8-7-9-16-35,36-21-25-38(55-5)26-22-36)37-23-27-39(56-6)28-24-37/h7-13,15-28,33-34,44-46H,14,30-32H2,1-6H3/t44-,45+,46+,61?/m0/s1. The van der Waals surface area contributed by atoms with Crippen molar-refractivity contribution in [2.45, 2.75) is 76.7 Å². The number of benzene rings is 5. The summed E-state index contributed by atoms with van der Waals surface area (Å²) in [6.45, 7) is 8.95. The van der Waals surface area contributed by atoms with Crippen molar-refractivity contribution in [3.8, 4) is 17.6 Å². The molecular formula is C49H52N5O6P. The lowest BCUT2D eigenvalue weighted by molar-refractivity contribution is -0.0904. The summed E-state index contributed by atoms with van der Waals surface area (Å²) in [5, 5.41) is 10.5. The molecule has 61 heavy (non-hydrogen) atoms. The van der Waals surface area contributed by atoms with E-state index < -0.39 is 32.6 Å². The molecular weight excluding hydrogens is 786 g/mol. The van der Waals surface area contributed by atoms with Crippen LogP contribution in [0.5, 0.6) is 11.5 Å². The molecule has 8 rings (SSSR count). The molecule has 0 N–H and O–H groups in total. The molecule has 2 aromatic heterocycles. The molecule has 3 heterocycles.